The molecule has 0 bridgehead atoms. The second kappa shape index (κ2) is 7.52. The number of anilines is 1. The minimum Gasteiger partial charge on any atom is -0.385 e. The lowest BCUT2D eigenvalue weighted by atomic mass is 10.1. The van der Waals surface area contributed by atoms with Gasteiger partial charge in [-0.15, -0.1) is 10.2 Å². The van der Waals surface area contributed by atoms with Gasteiger partial charge in [0.2, 0.25) is 0 Å². The lowest BCUT2D eigenvalue weighted by Crippen LogP contribution is -2.15. The molecule has 0 aliphatic carbocycles. The van der Waals surface area contributed by atoms with Crippen molar-refractivity contribution in [2.45, 2.75) is 39.8 Å². The number of hydrogen-bond donors (Lipinski definition) is 1. The molecule has 3 aromatic rings. The Bertz CT molecular complexity index is 861. The molecule has 3 heterocycles. The third-order valence-corrected chi connectivity index (χ3v) is 4.06. The highest BCUT2D eigenvalue weighted by molar-refractivity contribution is 5.89. The summed E-state index contributed by atoms with van der Waals surface area (Å²) < 4.78 is 7.15. The quantitative estimate of drug-likeness (QED) is 0.660. The van der Waals surface area contributed by atoms with Crippen LogP contribution in [0.25, 0.3) is 11.0 Å². The van der Waals surface area contributed by atoms with Crippen LogP contribution in [0.15, 0.2) is 18.7 Å². The molecule has 0 aromatic carbocycles. The Balaban J connectivity index is 1.86. The van der Waals surface area contributed by atoms with Crippen molar-refractivity contribution in [3.8, 4) is 0 Å². The highest BCUT2D eigenvalue weighted by atomic mass is 16.5. The van der Waals surface area contributed by atoms with E-state index in [1.54, 1.807) is 13.4 Å². The summed E-state index contributed by atoms with van der Waals surface area (Å²) >= 11 is 0. The van der Waals surface area contributed by atoms with E-state index in [0.29, 0.717) is 12.3 Å². The minimum absolute atomic E-state index is 0.0520. The van der Waals surface area contributed by atoms with Crippen LogP contribution >= 0.6 is 0 Å². The number of nitrogens with one attached hydrogen (secondary N) is 1. The predicted molar refractivity (Wildman–Crippen MR) is 95.4 cm³/mol. The van der Waals surface area contributed by atoms with Crippen molar-refractivity contribution >= 4 is 16.9 Å². The molecule has 0 amide bonds. The van der Waals surface area contributed by atoms with E-state index in [2.05, 4.69) is 30.5 Å². The highest BCUT2D eigenvalue weighted by Gasteiger charge is 2.16. The topological polar surface area (TPSA) is 90.6 Å². The second-order valence-electron chi connectivity index (χ2n) is 6.10. The van der Waals surface area contributed by atoms with Gasteiger partial charge in [-0.3, -0.25) is 0 Å². The van der Waals surface area contributed by atoms with E-state index in [1.165, 1.54) is 6.33 Å². The molecule has 1 atom stereocenters. The molecule has 8 heteroatoms. The number of aromatic nitrogens is 6. The average molecular weight is 341 g/mol. The lowest BCUT2D eigenvalue weighted by molar-refractivity contribution is 0.190. The number of methoxy groups -OCH3 is 1. The Labute approximate surface area is 146 Å². The summed E-state index contributed by atoms with van der Waals surface area (Å²) in [5.41, 5.74) is 2.74. The van der Waals surface area contributed by atoms with E-state index >= 15 is 0 Å². The fraction of sp³-hybridized carbons (Fsp3) is 0.471. The first kappa shape index (κ1) is 17.2. The van der Waals surface area contributed by atoms with Gasteiger partial charge in [0.05, 0.1) is 11.4 Å². The van der Waals surface area contributed by atoms with Crippen LogP contribution in [0.3, 0.4) is 0 Å². The van der Waals surface area contributed by atoms with Crippen molar-refractivity contribution in [1.82, 2.24) is 29.7 Å². The molecule has 0 saturated carbocycles. The number of nitrogens with zero attached hydrogens (tertiary/aromatic N) is 6. The van der Waals surface area contributed by atoms with Gasteiger partial charge in [-0.25, -0.2) is 15.0 Å². The Morgan fingerprint density at radius 2 is 2.12 bits per heavy atom. The standard InChI is InChI=1S/C17H23N7O/c1-11-8-12(2)21-15-14(11)16(19-9-18-15)22-13(3)17-23-20-10-24(17)6-5-7-25-4/h8-10,13H,5-7H2,1-4H3,(H,18,19,21,22)/t13-/m1/s1. The number of ether oxygens (including phenoxy) is 1. The molecule has 0 fully saturated rings. The molecule has 0 aliphatic heterocycles. The zero-order valence-corrected chi connectivity index (χ0v) is 15.0. The van der Waals surface area contributed by atoms with Gasteiger partial charge in [-0.1, -0.05) is 0 Å². The molecule has 1 N–H and O–H groups in total. The maximum Gasteiger partial charge on any atom is 0.165 e. The van der Waals surface area contributed by atoms with Gasteiger partial charge >= 0.3 is 0 Å². The largest absolute Gasteiger partial charge is 0.385 e. The van der Waals surface area contributed by atoms with Crippen molar-refractivity contribution < 1.29 is 4.74 Å². The highest BCUT2D eigenvalue weighted by Crippen LogP contribution is 2.25. The molecular weight excluding hydrogens is 318 g/mol. The van der Waals surface area contributed by atoms with Gasteiger partial charge in [0.15, 0.2) is 11.5 Å². The van der Waals surface area contributed by atoms with Crippen molar-refractivity contribution in [3.63, 3.8) is 0 Å². The van der Waals surface area contributed by atoms with E-state index in [0.717, 1.165) is 41.3 Å². The van der Waals surface area contributed by atoms with Gasteiger partial charge in [-0.2, -0.15) is 0 Å². The minimum atomic E-state index is -0.0520. The van der Waals surface area contributed by atoms with Crippen LogP contribution in [0.2, 0.25) is 0 Å². The molecule has 132 valence electrons. The molecule has 25 heavy (non-hydrogen) atoms. The summed E-state index contributed by atoms with van der Waals surface area (Å²) in [6.07, 6.45) is 4.19. The Kier molecular flexibility index (Phi) is 5.18. The summed E-state index contributed by atoms with van der Waals surface area (Å²) in [5.74, 6) is 1.62. The fourth-order valence-corrected chi connectivity index (χ4v) is 2.94. The zero-order valence-electron chi connectivity index (χ0n) is 15.0. The maximum absolute atomic E-state index is 5.11. The van der Waals surface area contributed by atoms with Crippen LogP contribution in [-0.2, 0) is 11.3 Å². The third-order valence-electron chi connectivity index (χ3n) is 4.06. The first-order valence-corrected chi connectivity index (χ1v) is 8.32. The first-order valence-electron chi connectivity index (χ1n) is 8.32. The summed E-state index contributed by atoms with van der Waals surface area (Å²) in [6.45, 7) is 7.57. The summed E-state index contributed by atoms with van der Waals surface area (Å²) in [6, 6.07) is 1.98. The van der Waals surface area contributed by atoms with Crippen molar-refractivity contribution in [2.75, 3.05) is 19.0 Å². The van der Waals surface area contributed by atoms with Crippen LogP contribution in [0.5, 0.6) is 0 Å². The SMILES string of the molecule is COCCCn1cnnc1[C@@H](C)Nc1ncnc2nc(C)cc(C)c12. The summed E-state index contributed by atoms with van der Waals surface area (Å²) in [4.78, 5) is 13.2. The predicted octanol–water partition coefficient (Wildman–Crippen LogP) is 2.44. The van der Waals surface area contributed by atoms with Crippen molar-refractivity contribution in [1.29, 1.82) is 0 Å². The van der Waals surface area contributed by atoms with Crippen LogP contribution < -0.4 is 5.32 Å². The van der Waals surface area contributed by atoms with E-state index < -0.39 is 0 Å². The monoisotopic (exact) mass is 341 g/mol. The molecular formula is C17H23N7O. The van der Waals surface area contributed by atoms with Crippen LogP contribution in [-0.4, -0.2) is 43.4 Å². The van der Waals surface area contributed by atoms with Crippen LogP contribution in [0.1, 0.15) is 36.5 Å². The first-order chi connectivity index (χ1) is 12.1. The smallest absolute Gasteiger partial charge is 0.165 e. The number of hydrogen-bond acceptors (Lipinski definition) is 7. The van der Waals surface area contributed by atoms with Crippen LogP contribution in [0.4, 0.5) is 5.82 Å². The zero-order chi connectivity index (χ0) is 17.8. The molecule has 0 aliphatic rings. The number of rotatable bonds is 7. The van der Waals surface area contributed by atoms with Gasteiger partial charge < -0.3 is 14.6 Å². The fourth-order valence-electron chi connectivity index (χ4n) is 2.94. The Morgan fingerprint density at radius 1 is 1.28 bits per heavy atom. The Morgan fingerprint density at radius 3 is 2.92 bits per heavy atom. The van der Waals surface area contributed by atoms with E-state index in [1.807, 2.05) is 31.4 Å². The van der Waals surface area contributed by atoms with Gasteiger partial charge in [0.25, 0.3) is 0 Å². The third kappa shape index (κ3) is 3.74. The normalized spacial score (nSPS) is 12.5. The van der Waals surface area contributed by atoms with E-state index in [-0.39, 0.29) is 6.04 Å². The van der Waals surface area contributed by atoms with E-state index in [4.69, 9.17) is 4.74 Å². The van der Waals surface area contributed by atoms with Crippen LogP contribution in [0, 0.1) is 13.8 Å². The maximum atomic E-state index is 5.11. The van der Waals surface area contributed by atoms with Crippen molar-refractivity contribution in [2.24, 2.45) is 0 Å². The number of aryl methyl sites for hydroxylation is 3. The molecule has 0 spiro atoms. The average Bonchev–Trinajstić information content (AvgIpc) is 3.03. The molecule has 0 saturated heterocycles. The van der Waals surface area contributed by atoms with Gasteiger partial charge in [0, 0.05) is 26.0 Å². The number of pyridine rings is 1. The molecule has 0 unspecified atom stereocenters. The van der Waals surface area contributed by atoms with Gasteiger partial charge in [0.1, 0.15) is 18.5 Å². The molecule has 8 nitrogen and oxygen atoms in total. The summed E-state index contributed by atoms with van der Waals surface area (Å²) in [7, 11) is 1.70. The second-order valence-corrected chi connectivity index (χ2v) is 6.10. The Hall–Kier alpha value is -2.61. The molecule has 0 radical (unpaired) electrons. The molecule has 3 rings (SSSR count). The summed E-state index contributed by atoms with van der Waals surface area (Å²) in [5, 5.41) is 12.7. The lowest BCUT2D eigenvalue weighted by Gasteiger charge is -2.17. The van der Waals surface area contributed by atoms with E-state index in [9.17, 15) is 0 Å². The van der Waals surface area contributed by atoms with Crippen molar-refractivity contribution in [3.05, 3.63) is 35.8 Å². The molecule has 3 aromatic heterocycles. The van der Waals surface area contributed by atoms with Gasteiger partial charge in [-0.05, 0) is 38.8 Å². The number of fused-ring (bicyclic) bond motifs is 1.